The molecule has 0 aromatic rings. The summed E-state index contributed by atoms with van der Waals surface area (Å²) < 4.78 is 4.27. The van der Waals surface area contributed by atoms with Crippen LogP contribution in [0.2, 0.25) is 0 Å². The van der Waals surface area contributed by atoms with Gasteiger partial charge in [0.2, 0.25) is 0 Å². The van der Waals surface area contributed by atoms with Crippen molar-refractivity contribution in [3.63, 3.8) is 0 Å². The van der Waals surface area contributed by atoms with E-state index in [1.807, 2.05) is 0 Å². The van der Waals surface area contributed by atoms with Crippen LogP contribution >= 0.6 is 0 Å². The van der Waals surface area contributed by atoms with Crippen LogP contribution in [0.3, 0.4) is 0 Å². The van der Waals surface area contributed by atoms with E-state index in [4.69, 9.17) is 5.11 Å². The minimum absolute atomic E-state index is 0.347. The molecule has 0 aliphatic carbocycles. The highest BCUT2D eigenvalue weighted by Gasteiger charge is 1.95. The van der Waals surface area contributed by atoms with Crippen LogP contribution in [0, 0.1) is 0 Å². The van der Waals surface area contributed by atoms with E-state index in [0.717, 1.165) is 6.08 Å². The molecule has 0 aliphatic rings. The average molecular weight is 226 g/mol. The Hall–Kier alpha value is -2.10. The van der Waals surface area contributed by atoms with Crippen LogP contribution in [0.4, 0.5) is 0 Å². The molecular weight excluding hydrogens is 208 g/mol. The van der Waals surface area contributed by atoms with Gasteiger partial charge >= 0.3 is 11.9 Å². The lowest BCUT2D eigenvalue weighted by molar-refractivity contribution is -0.136. The molecule has 0 aromatic carbocycles. The van der Waals surface area contributed by atoms with Crippen molar-refractivity contribution in [2.45, 2.75) is 6.92 Å². The van der Waals surface area contributed by atoms with Gasteiger partial charge in [-0.1, -0.05) is 38.5 Å². The standard InChI is InChI=1S/C5H8O2.C4H6.C3H4O2/c1-4(2)5(6)7-3;1-3-4-2;1-2-3(4)5/h1H2,2-3H3;3-4H,1-2H2;2H,1H2,(H,4,5). The van der Waals surface area contributed by atoms with Crippen LogP contribution in [0.1, 0.15) is 6.92 Å². The van der Waals surface area contributed by atoms with Crippen LogP contribution < -0.4 is 0 Å². The van der Waals surface area contributed by atoms with Crippen LogP contribution in [-0.2, 0) is 14.3 Å². The maximum absolute atomic E-state index is 10.2. The predicted molar refractivity (Wildman–Crippen MR) is 65.1 cm³/mol. The molecule has 0 aromatic heterocycles. The molecule has 16 heavy (non-hydrogen) atoms. The number of ether oxygens (including phenoxy) is 1. The lowest BCUT2D eigenvalue weighted by Crippen LogP contribution is -1.98. The van der Waals surface area contributed by atoms with E-state index in [-0.39, 0.29) is 5.97 Å². The van der Waals surface area contributed by atoms with Gasteiger partial charge < -0.3 is 9.84 Å². The van der Waals surface area contributed by atoms with Crippen LogP contribution in [0.25, 0.3) is 0 Å². The second-order valence-corrected chi connectivity index (χ2v) is 2.29. The lowest BCUT2D eigenvalue weighted by atomic mass is 10.4. The Morgan fingerprint density at radius 1 is 1.19 bits per heavy atom. The Labute approximate surface area is 96.2 Å². The fraction of sp³-hybridized carbons (Fsp3) is 0.167. The van der Waals surface area contributed by atoms with E-state index in [1.165, 1.54) is 7.11 Å². The molecule has 0 aliphatic heterocycles. The summed E-state index contributed by atoms with van der Waals surface area (Å²) in [6.07, 6.45) is 4.11. The number of carbonyl (C=O) groups excluding carboxylic acids is 1. The second kappa shape index (κ2) is 15.4. The highest BCUT2D eigenvalue weighted by atomic mass is 16.5. The third kappa shape index (κ3) is 29.7. The van der Waals surface area contributed by atoms with Crippen LogP contribution in [0.15, 0.2) is 50.1 Å². The van der Waals surface area contributed by atoms with E-state index >= 15 is 0 Å². The van der Waals surface area contributed by atoms with Gasteiger partial charge in [-0.3, -0.25) is 0 Å². The Balaban J connectivity index is -0.000000166. The zero-order chi connectivity index (χ0) is 13.6. The van der Waals surface area contributed by atoms with E-state index in [9.17, 15) is 9.59 Å². The Bertz CT molecular complexity index is 258. The largest absolute Gasteiger partial charge is 0.478 e. The quantitative estimate of drug-likeness (QED) is 0.456. The topological polar surface area (TPSA) is 63.6 Å². The van der Waals surface area contributed by atoms with Gasteiger partial charge in [0.05, 0.1) is 7.11 Å². The molecule has 0 saturated heterocycles. The third-order valence-corrected chi connectivity index (χ3v) is 0.875. The highest BCUT2D eigenvalue weighted by molar-refractivity contribution is 5.86. The molecule has 0 amide bonds. The summed E-state index contributed by atoms with van der Waals surface area (Å²) >= 11 is 0. The van der Waals surface area contributed by atoms with E-state index < -0.39 is 5.97 Å². The molecule has 0 unspecified atom stereocenters. The van der Waals surface area contributed by atoms with Gasteiger partial charge in [-0.25, -0.2) is 9.59 Å². The normalized spacial score (nSPS) is 6.62. The van der Waals surface area contributed by atoms with Crippen LogP contribution in [-0.4, -0.2) is 24.2 Å². The van der Waals surface area contributed by atoms with E-state index in [1.54, 1.807) is 19.1 Å². The number of methoxy groups -OCH3 is 1. The van der Waals surface area contributed by atoms with Crippen molar-refractivity contribution in [1.29, 1.82) is 0 Å². The first-order valence-corrected chi connectivity index (χ1v) is 4.19. The first-order chi connectivity index (χ1) is 7.37. The summed E-state index contributed by atoms with van der Waals surface area (Å²) in [4.78, 5) is 19.4. The SMILES string of the molecule is C=C(C)C(=O)OC.C=CC(=O)O.C=CC=C. The van der Waals surface area contributed by atoms with Crippen molar-refractivity contribution >= 4 is 11.9 Å². The minimum atomic E-state index is -0.981. The summed E-state index contributed by atoms with van der Waals surface area (Å²) in [5, 5.41) is 7.60. The van der Waals surface area contributed by atoms with Crippen molar-refractivity contribution < 1.29 is 19.4 Å². The lowest BCUT2D eigenvalue weighted by Gasteiger charge is -1.91. The van der Waals surface area contributed by atoms with Gasteiger partial charge in [0.1, 0.15) is 0 Å². The molecular formula is C12H18O4. The van der Waals surface area contributed by atoms with E-state index in [0.29, 0.717) is 5.57 Å². The summed E-state index contributed by atoms with van der Waals surface area (Å²) in [5.41, 5.74) is 0.433. The van der Waals surface area contributed by atoms with Gasteiger partial charge in [0.15, 0.2) is 0 Å². The molecule has 0 saturated carbocycles. The van der Waals surface area contributed by atoms with Crippen LogP contribution in [0.5, 0.6) is 0 Å². The smallest absolute Gasteiger partial charge is 0.332 e. The summed E-state index contributed by atoms with van der Waals surface area (Å²) in [7, 11) is 1.33. The number of hydrogen-bond donors (Lipinski definition) is 1. The fourth-order valence-corrected chi connectivity index (χ4v) is 0.174. The Morgan fingerprint density at radius 2 is 1.50 bits per heavy atom. The molecule has 0 spiro atoms. The molecule has 0 heterocycles. The molecule has 0 radical (unpaired) electrons. The van der Waals surface area contributed by atoms with Crippen molar-refractivity contribution in [3.8, 4) is 0 Å². The molecule has 90 valence electrons. The van der Waals surface area contributed by atoms with Crippen molar-refractivity contribution in [3.05, 3.63) is 50.1 Å². The number of esters is 1. The number of hydrogen-bond acceptors (Lipinski definition) is 3. The number of rotatable bonds is 3. The predicted octanol–water partition coefficient (Wildman–Crippen LogP) is 2.35. The van der Waals surface area contributed by atoms with Crippen molar-refractivity contribution in [2.24, 2.45) is 0 Å². The van der Waals surface area contributed by atoms with Gasteiger partial charge in [-0.05, 0) is 6.92 Å². The Kier molecular flexibility index (Phi) is 18.7. The van der Waals surface area contributed by atoms with Crippen molar-refractivity contribution in [1.82, 2.24) is 0 Å². The zero-order valence-electron chi connectivity index (χ0n) is 9.73. The Morgan fingerprint density at radius 3 is 1.50 bits per heavy atom. The molecule has 0 fully saturated rings. The fourth-order valence-electron chi connectivity index (χ4n) is 0.174. The average Bonchev–Trinajstić information content (AvgIpc) is 2.28. The summed E-state index contributed by atoms with van der Waals surface area (Å²) in [6, 6.07) is 0. The number of carboxylic acid groups (broad SMARTS) is 1. The first kappa shape index (κ1) is 19.5. The molecule has 4 nitrogen and oxygen atoms in total. The molecule has 1 N–H and O–H groups in total. The highest BCUT2D eigenvalue weighted by Crippen LogP contribution is 1.87. The van der Waals surface area contributed by atoms with Gasteiger partial charge in [-0.2, -0.15) is 0 Å². The van der Waals surface area contributed by atoms with Crippen molar-refractivity contribution in [2.75, 3.05) is 7.11 Å². The monoisotopic (exact) mass is 226 g/mol. The number of allylic oxidation sites excluding steroid dienone is 2. The van der Waals surface area contributed by atoms with Gasteiger partial charge in [0.25, 0.3) is 0 Å². The maximum Gasteiger partial charge on any atom is 0.332 e. The summed E-state index contributed by atoms with van der Waals surface area (Å²) in [6.45, 7) is 14.6. The minimum Gasteiger partial charge on any atom is -0.478 e. The maximum atomic E-state index is 10.2. The molecule has 4 heteroatoms. The van der Waals surface area contributed by atoms with Gasteiger partial charge in [0, 0.05) is 11.6 Å². The number of aliphatic carboxylic acids is 1. The molecule has 0 bridgehead atoms. The summed E-state index contributed by atoms with van der Waals surface area (Å²) in [5.74, 6) is -1.33. The third-order valence-electron chi connectivity index (χ3n) is 0.875. The van der Waals surface area contributed by atoms with Gasteiger partial charge in [-0.15, -0.1) is 0 Å². The number of carbonyl (C=O) groups is 2. The van der Waals surface area contributed by atoms with E-state index in [2.05, 4.69) is 31.1 Å². The molecule has 0 rings (SSSR count). The molecule has 0 atom stereocenters. The zero-order valence-corrected chi connectivity index (χ0v) is 9.73. The second-order valence-electron chi connectivity index (χ2n) is 2.29. The first-order valence-electron chi connectivity index (χ1n) is 4.19. The number of carboxylic acids is 1.